The van der Waals surface area contributed by atoms with E-state index in [2.05, 4.69) is 0 Å². The molecule has 0 saturated heterocycles. The second-order valence-electron chi connectivity index (χ2n) is 3.98. The highest BCUT2D eigenvalue weighted by Gasteiger charge is 2.11. The predicted octanol–water partition coefficient (Wildman–Crippen LogP) is 5.66. The van der Waals surface area contributed by atoms with Crippen LogP contribution in [0.1, 0.15) is 16.5 Å². The Morgan fingerprint density at radius 3 is 2.50 bits per heavy atom. The quantitative estimate of drug-likeness (QED) is 0.642. The zero-order valence-electron chi connectivity index (χ0n) is 9.34. The van der Waals surface area contributed by atoms with E-state index in [-0.39, 0.29) is 10.4 Å². The molecule has 1 atom stereocenters. The van der Waals surface area contributed by atoms with Gasteiger partial charge in [0.2, 0.25) is 0 Å². The first kappa shape index (κ1) is 13.7. The van der Waals surface area contributed by atoms with Crippen LogP contribution >= 0.6 is 34.8 Å². The van der Waals surface area contributed by atoms with Crippen molar-refractivity contribution in [3.05, 3.63) is 69.5 Å². The van der Waals surface area contributed by atoms with Crippen LogP contribution in [0, 0.1) is 5.82 Å². The van der Waals surface area contributed by atoms with Crippen LogP contribution in [0.2, 0.25) is 10.0 Å². The van der Waals surface area contributed by atoms with Crippen molar-refractivity contribution in [2.24, 2.45) is 0 Å². The summed E-state index contributed by atoms with van der Waals surface area (Å²) in [5.74, 6) is -0.453. The molecule has 0 fully saturated rings. The third-order valence-electron chi connectivity index (χ3n) is 2.61. The molecular formula is C14H10Cl3F. The summed E-state index contributed by atoms with van der Waals surface area (Å²) in [6.07, 6.45) is 0.586. The highest BCUT2D eigenvalue weighted by molar-refractivity contribution is 6.31. The zero-order valence-corrected chi connectivity index (χ0v) is 11.6. The van der Waals surface area contributed by atoms with E-state index < -0.39 is 5.82 Å². The first-order valence-electron chi connectivity index (χ1n) is 5.40. The molecule has 2 aromatic carbocycles. The molecule has 0 aromatic heterocycles. The first-order chi connectivity index (χ1) is 8.56. The minimum Gasteiger partial charge on any atom is -0.205 e. The normalized spacial score (nSPS) is 12.4. The van der Waals surface area contributed by atoms with E-state index in [4.69, 9.17) is 34.8 Å². The second-order valence-corrected chi connectivity index (χ2v) is 5.35. The van der Waals surface area contributed by atoms with Crippen LogP contribution in [0.4, 0.5) is 4.39 Å². The summed E-state index contributed by atoms with van der Waals surface area (Å²) < 4.78 is 13.3. The Hall–Kier alpha value is -0.760. The van der Waals surface area contributed by atoms with Crippen molar-refractivity contribution in [3.63, 3.8) is 0 Å². The number of halogens is 4. The molecule has 1 unspecified atom stereocenters. The molecule has 4 heteroatoms. The highest BCUT2D eigenvalue weighted by Crippen LogP contribution is 2.28. The summed E-state index contributed by atoms with van der Waals surface area (Å²) >= 11 is 17.8. The fourth-order valence-electron chi connectivity index (χ4n) is 1.70. The average molecular weight is 304 g/mol. The molecule has 0 aliphatic carbocycles. The summed E-state index contributed by atoms with van der Waals surface area (Å²) in [4.78, 5) is 0. The molecule has 0 heterocycles. The maximum Gasteiger partial charge on any atom is 0.142 e. The van der Waals surface area contributed by atoms with Gasteiger partial charge in [0.15, 0.2) is 0 Å². The molecule has 2 aromatic rings. The molecule has 0 aliphatic rings. The first-order valence-corrected chi connectivity index (χ1v) is 6.59. The van der Waals surface area contributed by atoms with E-state index in [1.165, 1.54) is 12.1 Å². The lowest BCUT2D eigenvalue weighted by Gasteiger charge is -2.10. The van der Waals surface area contributed by atoms with Crippen LogP contribution in [-0.2, 0) is 6.42 Å². The third-order valence-corrected chi connectivity index (χ3v) is 3.56. The Morgan fingerprint density at radius 2 is 1.83 bits per heavy atom. The molecule has 0 spiro atoms. The molecule has 0 N–H and O–H groups in total. The lowest BCUT2D eigenvalue weighted by molar-refractivity contribution is 0.625. The van der Waals surface area contributed by atoms with E-state index in [0.29, 0.717) is 17.0 Å². The lowest BCUT2D eigenvalue weighted by Crippen LogP contribution is -1.96. The Labute approximate surface area is 120 Å². The number of hydrogen-bond donors (Lipinski definition) is 0. The zero-order chi connectivity index (χ0) is 13.1. The SMILES string of the molecule is Fc1cc(C(Cl)Cc2cccc(Cl)c2)ccc1Cl. The molecule has 0 saturated carbocycles. The van der Waals surface area contributed by atoms with Gasteiger partial charge >= 0.3 is 0 Å². The monoisotopic (exact) mass is 302 g/mol. The highest BCUT2D eigenvalue weighted by atomic mass is 35.5. The van der Waals surface area contributed by atoms with Crippen molar-refractivity contribution in [3.8, 4) is 0 Å². The fourth-order valence-corrected chi connectivity index (χ4v) is 2.34. The van der Waals surface area contributed by atoms with Crippen LogP contribution < -0.4 is 0 Å². The maximum absolute atomic E-state index is 13.3. The summed E-state index contributed by atoms with van der Waals surface area (Å²) in [5, 5.41) is 0.458. The van der Waals surface area contributed by atoms with Gasteiger partial charge in [-0.3, -0.25) is 0 Å². The number of alkyl halides is 1. The van der Waals surface area contributed by atoms with Crippen LogP contribution in [0.25, 0.3) is 0 Å². The second kappa shape index (κ2) is 5.92. The van der Waals surface area contributed by atoms with Crippen molar-refractivity contribution in [2.45, 2.75) is 11.8 Å². The maximum atomic E-state index is 13.3. The predicted molar refractivity (Wildman–Crippen MR) is 75.2 cm³/mol. The van der Waals surface area contributed by atoms with E-state index >= 15 is 0 Å². The van der Waals surface area contributed by atoms with Gasteiger partial charge in [-0.15, -0.1) is 11.6 Å². The summed E-state index contributed by atoms with van der Waals surface area (Å²) in [7, 11) is 0. The standard InChI is InChI=1S/C14H10Cl3F/c15-11-3-1-2-9(6-11)7-13(17)10-4-5-12(16)14(18)8-10/h1-6,8,13H,7H2. The largest absolute Gasteiger partial charge is 0.205 e. The number of rotatable bonds is 3. The van der Waals surface area contributed by atoms with Crippen LogP contribution in [0.3, 0.4) is 0 Å². The van der Waals surface area contributed by atoms with Gasteiger partial charge in [0.1, 0.15) is 5.82 Å². The smallest absolute Gasteiger partial charge is 0.142 e. The Kier molecular flexibility index (Phi) is 4.50. The molecule has 0 nitrogen and oxygen atoms in total. The average Bonchev–Trinajstić information content (AvgIpc) is 2.32. The Bertz CT molecular complexity index is 554. The van der Waals surface area contributed by atoms with Gasteiger partial charge in [0.25, 0.3) is 0 Å². The number of benzene rings is 2. The van der Waals surface area contributed by atoms with Crippen molar-refractivity contribution < 1.29 is 4.39 Å². The molecule has 0 bridgehead atoms. The molecule has 2 rings (SSSR count). The fraction of sp³-hybridized carbons (Fsp3) is 0.143. The molecule has 0 aliphatic heterocycles. The molecule has 0 radical (unpaired) electrons. The summed E-state index contributed by atoms with van der Waals surface area (Å²) in [5.41, 5.74) is 1.72. The minimum atomic E-state index is -0.453. The van der Waals surface area contributed by atoms with Crippen molar-refractivity contribution >= 4 is 34.8 Å². The van der Waals surface area contributed by atoms with E-state index in [0.717, 1.165) is 5.56 Å². The van der Waals surface area contributed by atoms with E-state index in [9.17, 15) is 4.39 Å². The van der Waals surface area contributed by atoms with Crippen LogP contribution in [-0.4, -0.2) is 0 Å². The Morgan fingerprint density at radius 1 is 1.06 bits per heavy atom. The summed E-state index contributed by atoms with van der Waals surface area (Å²) in [6, 6.07) is 12.1. The van der Waals surface area contributed by atoms with Gasteiger partial charge in [-0.1, -0.05) is 41.4 Å². The van der Waals surface area contributed by atoms with Crippen molar-refractivity contribution in [2.75, 3.05) is 0 Å². The van der Waals surface area contributed by atoms with Crippen LogP contribution in [0.5, 0.6) is 0 Å². The van der Waals surface area contributed by atoms with Gasteiger partial charge in [0, 0.05) is 5.02 Å². The Balaban J connectivity index is 2.16. The van der Waals surface area contributed by atoms with Gasteiger partial charge in [-0.2, -0.15) is 0 Å². The minimum absolute atomic E-state index is 0.102. The van der Waals surface area contributed by atoms with Crippen LogP contribution in [0.15, 0.2) is 42.5 Å². The van der Waals surface area contributed by atoms with E-state index in [1.54, 1.807) is 12.1 Å². The third kappa shape index (κ3) is 3.38. The van der Waals surface area contributed by atoms with Crippen molar-refractivity contribution in [1.29, 1.82) is 0 Å². The van der Waals surface area contributed by atoms with Gasteiger partial charge < -0.3 is 0 Å². The van der Waals surface area contributed by atoms with E-state index in [1.807, 2.05) is 18.2 Å². The van der Waals surface area contributed by atoms with Gasteiger partial charge in [-0.05, 0) is 41.8 Å². The topological polar surface area (TPSA) is 0 Å². The molecule has 18 heavy (non-hydrogen) atoms. The summed E-state index contributed by atoms with van der Waals surface area (Å²) in [6.45, 7) is 0. The van der Waals surface area contributed by atoms with Gasteiger partial charge in [0.05, 0.1) is 10.4 Å². The van der Waals surface area contributed by atoms with Gasteiger partial charge in [-0.25, -0.2) is 4.39 Å². The lowest BCUT2D eigenvalue weighted by atomic mass is 10.0. The van der Waals surface area contributed by atoms with Crippen molar-refractivity contribution in [1.82, 2.24) is 0 Å². The molecule has 0 amide bonds. The molecular weight excluding hydrogens is 294 g/mol. The number of hydrogen-bond acceptors (Lipinski definition) is 0. The molecule has 94 valence electrons.